The molecule has 1 heterocycles. The van der Waals surface area contributed by atoms with Crippen molar-refractivity contribution in [2.24, 2.45) is 0 Å². The number of likely N-dealkylation sites (N-methyl/N-ethyl adjacent to an activating group) is 1. The molecule has 0 radical (unpaired) electrons. The van der Waals surface area contributed by atoms with E-state index in [0.29, 0.717) is 6.42 Å². The quantitative estimate of drug-likeness (QED) is 0.446. The fourth-order valence-corrected chi connectivity index (χ4v) is 2.03. The SMILES string of the molecule is CCC(=O)NC[C@@H]1[C@@H](O)[C@H](O)[C@@H](CO)N1C. The maximum absolute atomic E-state index is 11.1. The smallest absolute Gasteiger partial charge is 0.219 e. The zero-order valence-corrected chi connectivity index (χ0v) is 9.63. The van der Waals surface area contributed by atoms with Gasteiger partial charge in [-0.25, -0.2) is 0 Å². The van der Waals surface area contributed by atoms with Crippen molar-refractivity contribution in [1.82, 2.24) is 10.2 Å². The highest BCUT2D eigenvalue weighted by molar-refractivity contribution is 5.75. The number of hydrogen-bond acceptors (Lipinski definition) is 5. The Kier molecular flexibility index (Phi) is 4.67. The molecule has 1 rings (SSSR count). The van der Waals surface area contributed by atoms with Crippen LogP contribution in [0.3, 0.4) is 0 Å². The van der Waals surface area contributed by atoms with E-state index in [1.165, 1.54) is 0 Å². The third-order valence-corrected chi connectivity index (χ3v) is 3.20. The fourth-order valence-electron chi connectivity index (χ4n) is 2.03. The van der Waals surface area contributed by atoms with Crippen LogP contribution in [0.5, 0.6) is 0 Å². The summed E-state index contributed by atoms with van der Waals surface area (Å²) < 4.78 is 0. The Hall–Kier alpha value is -0.690. The van der Waals surface area contributed by atoms with E-state index in [4.69, 9.17) is 5.11 Å². The van der Waals surface area contributed by atoms with Gasteiger partial charge in [0.15, 0.2) is 0 Å². The molecule has 0 aromatic carbocycles. The number of amides is 1. The van der Waals surface area contributed by atoms with Crippen LogP contribution in [0.15, 0.2) is 0 Å². The molecule has 0 unspecified atom stereocenters. The van der Waals surface area contributed by atoms with Gasteiger partial charge in [0.1, 0.15) is 0 Å². The van der Waals surface area contributed by atoms with E-state index in [9.17, 15) is 15.0 Å². The van der Waals surface area contributed by atoms with E-state index in [1.54, 1.807) is 18.9 Å². The van der Waals surface area contributed by atoms with Crippen LogP contribution in [0.1, 0.15) is 13.3 Å². The molecule has 0 aromatic heterocycles. The molecule has 1 amide bonds. The van der Waals surface area contributed by atoms with Crippen LogP contribution in [0, 0.1) is 0 Å². The van der Waals surface area contributed by atoms with Crippen LogP contribution in [-0.2, 0) is 4.79 Å². The van der Waals surface area contributed by atoms with Crippen molar-refractivity contribution in [3.05, 3.63) is 0 Å². The fraction of sp³-hybridized carbons (Fsp3) is 0.900. The van der Waals surface area contributed by atoms with Gasteiger partial charge in [-0.1, -0.05) is 6.92 Å². The predicted octanol–water partition coefficient (Wildman–Crippen LogP) is -2.09. The zero-order valence-electron chi connectivity index (χ0n) is 9.63. The number of carbonyl (C=O) groups excluding carboxylic acids is 1. The number of likely N-dealkylation sites (tertiary alicyclic amines) is 1. The van der Waals surface area contributed by atoms with Crippen LogP contribution in [0.2, 0.25) is 0 Å². The lowest BCUT2D eigenvalue weighted by atomic mass is 10.1. The van der Waals surface area contributed by atoms with Crippen molar-refractivity contribution < 1.29 is 20.1 Å². The van der Waals surface area contributed by atoms with E-state index >= 15 is 0 Å². The Morgan fingerprint density at radius 1 is 1.31 bits per heavy atom. The molecular weight excluding hydrogens is 212 g/mol. The molecule has 1 aliphatic rings. The highest BCUT2D eigenvalue weighted by atomic mass is 16.3. The summed E-state index contributed by atoms with van der Waals surface area (Å²) in [6.45, 7) is 1.81. The van der Waals surface area contributed by atoms with Crippen LogP contribution in [-0.4, -0.2) is 70.6 Å². The monoisotopic (exact) mass is 232 g/mol. The molecule has 16 heavy (non-hydrogen) atoms. The number of aliphatic hydroxyl groups excluding tert-OH is 3. The summed E-state index contributed by atoms with van der Waals surface area (Å²) in [6, 6.07) is -0.832. The van der Waals surface area contributed by atoms with Crippen LogP contribution >= 0.6 is 0 Å². The summed E-state index contributed by atoms with van der Waals surface area (Å²) in [5, 5.41) is 31.2. The van der Waals surface area contributed by atoms with Crippen molar-refractivity contribution in [1.29, 1.82) is 0 Å². The van der Waals surface area contributed by atoms with Crippen molar-refractivity contribution in [3.63, 3.8) is 0 Å². The van der Waals surface area contributed by atoms with Gasteiger partial charge in [-0.3, -0.25) is 9.69 Å². The van der Waals surface area contributed by atoms with E-state index in [2.05, 4.69) is 5.32 Å². The van der Waals surface area contributed by atoms with E-state index in [0.717, 1.165) is 0 Å². The molecule has 94 valence electrons. The number of nitrogens with zero attached hydrogens (tertiary/aromatic N) is 1. The molecule has 0 bridgehead atoms. The largest absolute Gasteiger partial charge is 0.395 e. The summed E-state index contributed by atoms with van der Waals surface area (Å²) in [5.41, 5.74) is 0. The molecule has 6 heteroatoms. The summed E-state index contributed by atoms with van der Waals surface area (Å²) in [5.74, 6) is -0.0949. The third-order valence-electron chi connectivity index (χ3n) is 3.20. The van der Waals surface area contributed by atoms with Crippen molar-refractivity contribution in [2.45, 2.75) is 37.6 Å². The molecule has 0 aromatic rings. The lowest BCUT2D eigenvalue weighted by molar-refractivity contribution is -0.121. The lowest BCUT2D eigenvalue weighted by Gasteiger charge is -2.24. The molecule has 1 saturated heterocycles. The number of hydrogen-bond donors (Lipinski definition) is 4. The maximum Gasteiger partial charge on any atom is 0.219 e. The summed E-state index contributed by atoms with van der Waals surface area (Å²) in [7, 11) is 1.71. The molecule has 6 nitrogen and oxygen atoms in total. The Balaban J connectivity index is 2.56. The average Bonchev–Trinajstić information content (AvgIpc) is 2.48. The Labute approximate surface area is 94.9 Å². The molecule has 1 fully saturated rings. The molecule has 0 saturated carbocycles. The first-order valence-corrected chi connectivity index (χ1v) is 5.48. The first-order chi connectivity index (χ1) is 7.52. The van der Waals surface area contributed by atoms with Crippen molar-refractivity contribution in [3.8, 4) is 0 Å². The minimum atomic E-state index is -0.974. The second-order valence-electron chi connectivity index (χ2n) is 4.12. The van der Waals surface area contributed by atoms with Gasteiger partial charge in [-0.05, 0) is 7.05 Å². The molecule has 4 atom stereocenters. The zero-order chi connectivity index (χ0) is 12.3. The molecule has 0 spiro atoms. The predicted molar refractivity (Wildman–Crippen MR) is 57.7 cm³/mol. The minimum absolute atomic E-state index is 0.0949. The van der Waals surface area contributed by atoms with Gasteiger partial charge in [-0.15, -0.1) is 0 Å². The highest BCUT2D eigenvalue weighted by Gasteiger charge is 2.45. The molecular formula is C10H20N2O4. The van der Waals surface area contributed by atoms with Crippen molar-refractivity contribution in [2.75, 3.05) is 20.2 Å². The van der Waals surface area contributed by atoms with Gasteiger partial charge in [0.2, 0.25) is 5.91 Å². The third kappa shape index (κ3) is 2.52. The Morgan fingerprint density at radius 2 is 1.88 bits per heavy atom. The minimum Gasteiger partial charge on any atom is -0.395 e. The first kappa shape index (κ1) is 13.4. The number of aliphatic hydroxyl groups is 3. The first-order valence-electron chi connectivity index (χ1n) is 5.48. The van der Waals surface area contributed by atoms with Gasteiger partial charge < -0.3 is 20.6 Å². The topological polar surface area (TPSA) is 93.0 Å². The standard InChI is InChI=1S/C10H20N2O4/c1-3-8(14)11-4-6-9(15)10(16)7(5-13)12(6)2/h6-7,9-10,13,15-16H,3-5H2,1-2H3,(H,11,14)/t6-,7-,9-,10-/m1/s1. The number of rotatable bonds is 4. The lowest BCUT2D eigenvalue weighted by Crippen LogP contribution is -2.45. The maximum atomic E-state index is 11.1. The van der Waals surface area contributed by atoms with Gasteiger partial charge >= 0.3 is 0 Å². The van der Waals surface area contributed by atoms with Gasteiger partial charge in [-0.2, -0.15) is 0 Å². The second-order valence-corrected chi connectivity index (χ2v) is 4.12. The van der Waals surface area contributed by atoms with E-state index in [-0.39, 0.29) is 25.1 Å². The van der Waals surface area contributed by atoms with E-state index in [1.807, 2.05) is 0 Å². The van der Waals surface area contributed by atoms with Crippen molar-refractivity contribution >= 4 is 5.91 Å². The summed E-state index contributed by atoms with van der Waals surface area (Å²) >= 11 is 0. The number of nitrogens with one attached hydrogen (secondary N) is 1. The normalized spacial score (nSPS) is 35.3. The van der Waals surface area contributed by atoms with Crippen LogP contribution < -0.4 is 5.32 Å². The Bertz CT molecular complexity index is 249. The molecule has 1 aliphatic heterocycles. The molecule has 4 N–H and O–H groups in total. The van der Waals surface area contributed by atoms with Gasteiger partial charge in [0, 0.05) is 13.0 Å². The Morgan fingerprint density at radius 3 is 2.31 bits per heavy atom. The highest BCUT2D eigenvalue weighted by Crippen LogP contribution is 2.22. The summed E-state index contributed by atoms with van der Waals surface area (Å²) in [6.07, 6.45) is -1.53. The van der Waals surface area contributed by atoms with Crippen LogP contribution in [0.25, 0.3) is 0 Å². The average molecular weight is 232 g/mol. The second kappa shape index (κ2) is 5.58. The number of carbonyl (C=O) groups is 1. The summed E-state index contributed by atoms with van der Waals surface area (Å²) in [4.78, 5) is 12.8. The van der Waals surface area contributed by atoms with Gasteiger partial charge in [0.05, 0.1) is 30.9 Å². The van der Waals surface area contributed by atoms with E-state index < -0.39 is 18.2 Å². The molecule has 0 aliphatic carbocycles. The van der Waals surface area contributed by atoms with Crippen LogP contribution in [0.4, 0.5) is 0 Å². The van der Waals surface area contributed by atoms with Gasteiger partial charge in [0.25, 0.3) is 0 Å².